The maximum Gasteiger partial charge on any atom is 0.334 e. The van der Waals surface area contributed by atoms with Crippen LogP contribution in [-0.2, 0) is 0 Å². The number of rotatable bonds is 4. The van der Waals surface area contributed by atoms with Crippen LogP contribution in [0, 0.1) is 5.82 Å². The first-order valence-corrected chi connectivity index (χ1v) is 8.53. The first-order chi connectivity index (χ1) is 13.6. The fraction of sp³-hybridized carbons (Fsp3) is 0. The quantitative estimate of drug-likeness (QED) is 0.356. The van der Waals surface area contributed by atoms with Gasteiger partial charge in [0.15, 0.2) is 5.78 Å². The van der Waals surface area contributed by atoms with Crippen LogP contribution in [-0.4, -0.2) is 16.8 Å². The molecule has 4 rings (SSSR count). The number of hydrogen-bond donors (Lipinski definition) is 0. The summed E-state index contributed by atoms with van der Waals surface area (Å²) < 4.78 is 27.7. The lowest BCUT2D eigenvalue weighted by molar-refractivity contribution is 0.0837. The lowest BCUT2D eigenvalue weighted by atomic mass is 9.91. The molecule has 0 radical (unpaired) electrons. The molecule has 5 heteroatoms. The van der Waals surface area contributed by atoms with Crippen LogP contribution in [0.15, 0.2) is 79.0 Å². The van der Waals surface area contributed by atoms with Gasteiger partial charge in [-0.1, -0.05) is 60.7 Å². The van der Waals surface area contributed by atoms with Gasteiger partial charge in [-0.2, -0.15) is 4.39 Å². The molecule has 1 heterocycles. The first-order valence-electron chi connectivity index (χ1n) is 8.53. The summed E-state index contributed by atoms with van der Waals surface area (Å²) in [5, 5.41) is 0.203. The molecule has 28 heavy (non-hydrogen) atoms. The van der Waals surface area contributed by atoms with Gasteiger partial charge in [-0.3, -0.25) is 14.6 Å². The van der Waals surface area contributed by atoms with Crippen LogP contribution in [0.2, 0.25) is 0 Å². The zero-order chi connectivity index (χ0) is 19.7. The van der Waals surface area contributed by atoms with E-state index in [1.165, 1.54) is 12.3 Å². The molecule has 0 saturated carbocycles. The molecule has 3 aromatic carbocycles. The minimum atomic E-state index is -1.78. The summed E-state index contributed by atoms with van der Waals surface area (Å²) in [6.45, 7) is 0. The number of carbonyl (C=O) groups is 2. The van der Waals surface area contributed by atoms with Crippen molar-refractivity contribution in [2.24, 2.45) is 0 Å². The van der Waals surface area contributed by atoms with Gasteiger partial charge in [0.2, 0.25) is 0 Å². The fourth-order valence-corrected chi connectivity index (χ4v) is 3.25. The number of carbonyl (C=O) groups excluding carboxylic acids is 2. The van der Waals surface area contributed by atoms with E-state index < -0.39 is 17.4 Å². The van der Waals surface area contributed by atoms with Crippen molar-refractivity contribution in [2.75, 3.05) is 0 Å². The Kier molecular flexibility index (Phi) is 4.49. The second-order valence-electron chi connectivity index (χ2n) is 6.23. The average Bonchev–Trinajstić information content (AvgIpc) is 2.73. The normalized spacial score (nSPS) is 10.8. The van der Waals surface area contributed by atoms with Crippen molar-refractivity contribution in [3.05, 3.63) is 102 Å². The molecule has 136 valence electrons. The Labute approximate surface area is 159 Å². The van der Waals surface area contributed by atoms with E-state index in [1.807, 2.05) is 6.07 Å². The number of benzene rings is 3. The molecular weight excluding hydrogens is 360 g/mol. The summed E-state index contributed by atoms with van der Waals surface area (Å²) in [7, 11) is 0. The minimum Gasteiger partial charge on any atom is -0.289 e. The van der Waals surface area contributed by atoms with Crippen molar-refractivity contribution < 1.29 is 18.4 Å². The SMILES string of the molecule is O=C(c1ccccc1)c1cnc2c(C(=O)F)cc(F)cc2c1-c1ccccc1. The average molecular weight is 373 g/mol. The molecular formula is C23H13F2NO2. The molecule has 0 atom stereocenters. The van der Waals surface area contributed by atoms with E-state index in [0.717, 1.165) is 6.07 Å². The zero-order valence-corrected chi connectivity index (χ0v) is 14.5. The Bertz CT molecular complexity index is 1210. The van der Waals surface area contributed by atoms with Crippen LogP contribution >= 0.6 is 0 Å². The predicted octanol–water partition coefficient (Wildman–Crippen LogP) is 5.38. The van der Waals surface area contributed by atoms with Crippen molar-refractivity contribution in [3.63, 3.8) is 0 Å². The molecule has 0 bridgehead atoms. The molecule has 0 amide bonds. The molecule has 0 spiro atoms. The summed E-state index contributed by atoms with van der Waals surface area (Å²) >= 11 is 0. The third-order valence-electron chi connectivity index (χ3n) is 4.49. The van der Waals surface area contributed by atoms with Gasteiger partial charge < -0.3 is 0 Å². The van der Waals surface area contributed by atoms with Gasteiger partial charge in [-0.15, -0.1) is 0 Å². The Morgan fingerprint density at radius 1 is 0.821 bits per heavy atom. The second kappa shape index (κ2) is 7.12. The standard InChI is InChI=1S/C23H13F2NO2/c24-16-11-17-20(14-7-3-1-4-8-14)19(22(27)15-9-5-2-6-10-15)13-26-21(17)18(12-16)23(25)28/h1-13H. The first kappa shape index (κ1) is 17.7. The van der Waals surface area contributed by atoms with Gasteiger partial charge in [-0.25, -0.2) is 4.39 Å². The highest BCUT2D eigenvalue weighted by Gasteiger charge is 2.22. The van der Waals surface area contributed by atoms with Gasteiger partial charge in [-0.05, 0) is 17.7 Å². The Balaban J connectivity index is 2.09. The highest BCUT2D eigenvalue weighted by molar-refractivity contribution is 6.18. The van der Waals surface area contributed by atoms with Crippen molar-refractivity contribution in [1.29, 1.82) is 0 Å². The van der Waals surface area contributed by atoms with Crippen LogP contribution in [0.1, 0.15) is 26.3 Å². The van der Waals surface area contributed by atoms with E-state index in [4.69, 9.17) is 0 Å². The van der Waals surface area contributed by atoms with Crippen molar-refractivity contribution in [3.8, 4) is 11.1 Å². The van der Waals surface area contributed by atoms with Crippen LogP contribution in [0.4, 0.5) is 8.78 Å². The molecule has 0 aliphatic heterocycles. The molecule has 3 nitrogen and oxygen atoms in total. The predicted molar refractivity (Wildman–Crippen MR) is 102 cm³/mol. The molecule has 1 aromatic heterocycles. The van der Waals surface area contributed by atoms with E-state index in [1.54, 1.807) is 54.6 Å². The lowest BCUT2D eigenvalue weighted by Gasteiger charge is -2.14. The lowest BCUT2D eigenvalue weighted by Crippen LogP contribution is -2.06. The summed E-state index contributed by atoms with van der Waals surface area (Å²) in [6, 6.07) is 17.7. The molecule has 0 saturated heterocycles. The van der Waals surface area contributed by atoms with E-state index in [-0.39, 0.29) is 22.2 Å². The number of nitrogens with zero attached hydrogens (tertiary/aromatic N) is 1. The van der Waals surface area contributed by atoms with Gasteiger partial charge in [0.1, 0.15) is 5.82 Å². The number of fused-ring (bicyclic) bond motifs is 1. The van der Waals surface area contributed by atoms with Gasteiger partial charge >= 0.3 is 6.04 Å². The maximum atomic E-state index is 14.2. The summed E-state index contributed by atoms with van der Waals surface area (Å²) in [5.74, 6) is -1.08. The summed E-state index contributed by atoms with van der Waals surface area (Å²) in [6.07, 6.45) is 1.31. The number of hydrogen-bond acceptors (Lipinski definition) is 3. The number of pyridine rings is 1. The maximum absolute atomic E-state index is 14.2. The van der Waals surface area contributed by atoms with Crippen LogP contribution < -0.4 is 0 Å². The van der Waals surface area contributed by atoms with Crippen molar-refractivity contribution in [2.45, 2.75) is 0 Å². The van der Waals surface area contributed by atoms with Crippen LogP contribution in [0.5, 0.6) is 0 Å². The largest absolute Gasteiger partial charge is 0.334 e. The van der Waals surface area contributed by atoms with Gasteiger partial charge in [0.05, 0.1) is 11.1 Å². The number of ketones is 1. The molecule has 0 fully saturated rings. The summed E-state index contributed by atoms with van der Waals surface area (Å²) in [5.41, 5.74) is 1.27. The second-order valence-corrected chi connectivity index (χ2v) is 6.23. The molecule has 0 unspecified atom stereocenters. The van der Waals surface area contributed by atoms with Gasteiger partial charge in [0.25, 0.3) is 0 Å². The van der Waals surface area contributed by atoms with E-state index in [0.29, 0.717) is 16.7 Å². The third-order valence-corrected chi connectivity index (χ3v) is 4.49. The third kappa shape index (κ3) is 3.07. The molecule has 4 aromatic rings. The van der Waals surface area contributed by atoms with Gasteiger partial charge in [0, 0.05) is 28.3 Å². The topological polar surface area (TPSA) is 47.0 Å². The van der Waals surface area contributed by atoms with Crippen LogP contribution in [0.25, 0.3) is 22.0 Å². The fourth-order valence-electron chi connectivity index (χ4n) is 3.25. The van der Waals surface area contributed by atoms with Crippen molar-refractivity contribution >= 4 is 22.7 Å². The zero-order valence-electron chi connectivity index (χ0n) is 14.5. The van der Waals surface area contributed by atoms with E-state index in [2.05, 4.69) is 4.98 Å². The smallest absolute Gasteiger partial charge is 0.289 e. The van der Waals surface area contributed by atoms with Crippen LogP contribution in [0.3, 0.4) is 0 Å². The Hall–Kier alpha value is -3.73. The molecule has 0 aliphatic carbocycles. The Morgan fingerprint density at radius 2 is 1.46 bits per heavy atom. The summed E-state index contributed by atoms with van der Waals surface area (Å²) in [4.78, 5) is 28.6. The highest BCUT2D eigenvalue weighted by Crippen LogP contribution is 2.34. The highest BCUT2D eigenvalue weighted by atomic mass is 19.1. The van der Waals surface area contributed by atoms with E-state index >= 15 is 0 Å². The number of aromatic nitrogens is 1. The minimum absolute atomic E-state index is 0.0114. The molecule has 0 N–H and O–H groups in total. The number of halogens is 2. The molecule has 0 aliphatic rings. The van der Waals surface area contributed by atoms with Crippen molar-refractivity contribution in [1.82, 2.24) is 4.98 Å². The van der Waals surface area contributed by atoms with E-state index in [9.17, 15) is 18.4 Å². The monoisotopic (exact) mass is 373 g/mol. The Morgan fingerprint density at radius 3 is 2.11 bits per heavy atom.